The van der Waals surface area contributed by atoms with Crippen molar-refractivity contribution in [3.05, 3.63) is 40.7 Å². The number of amides is 1. The maximum Gasteiger partial charge on any atom is 0.264 e. The molecule has 0 radical (unpaired) electrons. The van der Waals surface area contributed by atoms with Crippen LogP contribution in [0.15, 0.2) is 24.3 Å². The number of anilines is 1. The minimum absolute atomic E-state index is 0.0351. The summed E-state index contributed by atoms with van der Waals surface area (Å²) in [5.41, 5.74) is 1.73. The first-order valence-electron chi connectivity index (χ1n) is 11.5. The number of aryl methyl sites for hydroxylation is 2. The van der Waals surface area contributed by atoms with E-state index in [-0.39, 0.29) is 5.91 Å². The van der Waals surface area contributed by atoms with Gasteiger partial charge in [0.25, 0.3) is 5.91 Å². The summed E-state index contributed by atoms with van der Waals surface area (Å²) in [4.78, 5) is 24.6. The van der Waals surface area contributed by atoms with Crippen LogP contribution in [0.2, 0.25) is 0 Å². The molecule has 0 bridgehead atoms. The van der Waals surface area contributed by atoms with Crippen LogP contribution in [0.1, 0.15) is 59.7 Å². The summed E-state index contributed by atoms with van der Waals surface area (Å²) in [7, 11) is 4.07. The minimum Gasteiger partial charge on any atom is -0.362 e. The Balaban J connectivity index is 1.22. The van der Waals surface area contributed by atoms with Crippen molar-refractivity contribution in [1.82, 2.24) is 24.9 Å². The number of aromatic nitrogens is 4. The van der Waals surface area contributed by atoms with Gasteiger partial charge in [-0.05, 0) is 61.7 Å². The second-order valence-corrected chi connectivity index (χ2v) is 9.81. The first-order chi connectivity index (χ1) is 15.5. The Morgan fingerprint density at radius 3 is 2.59 bits per heavy atom. The summed E-state index contributed by atoms with van der Waals surface area (Å²) < 4.78 is 3.85. The number of hydrogen-bond donors (Lipinski definition) is 1. The number of carbonyl (C=O) groups excluding carboxylic acids is 1. The molecule has 3 aromatic rings. The molecule has 170 valence electrons. The number of rotatable bonds is 8. The Morgan fingerprint density at radius 1 is 1.12 bits per heavy atom. The molecule has 1 fully saturated rings. The van der Waals surface area contributed by atoms with Gasteiger partial charge >= 0.3 is 0 Å². The van der Waals surface area contributed by atoms with Crippen LogP contribution in [-0.4, -0.2) is 46.1 Å². The lowest BCUT2D eigenvalue weighted by molar-refractivity contribution is 0.0944. The maximum absolute atomic E-state index is 12.3. The standard InChI is InChI=1S/C24H32N6OS/c1-16-22(32-29-28-16)24(31)25-15-18-13-11-17(12-14-18)7-6-10-21-26-20-9-5-4-8-19(20)23(27-21)30(2)3/h4-5,8-9,17-18H,6-7,10-15H2,1-3H3,(H,25,31). The number of para-hydroxylation sites is 1. The van der Waals surface area contributed by atoms with Crippen molar-refractivity contribution in [3.8, 4) is 0 Å². The molecule has 8 heteroatoms. The average molecular weight is 453 g/mol. The van der Waals surface area contributed by atoms with E-state index in [0.29, 0.717) is 16.5 Å². The Bertz CT molecular complexity index is 1060. The maximum atomic E-state index is 12.3. The van der Waals surface area contributed by atoms with Crippen LogP contribution in [0.4, 0.5) is 5.82 Å². The van der Waals surface area contributed by atoms with Gasteiger partial charge in [-0.15, -0.1) is 5.10 Å². The summed E-state index contributed by atoms with van der Waals surface area (Å²) in [5.74, 6) is 3.24. The number of fused-ring (bicyclic) bond motifs is 1. The van der Waals surface area contributed by atoms with Gasteiger partial charge in [-0.1, -0.05) is 35.9 Å². The molecule has 32 heavy (non-hydrogen) atoms. The van der Waals surface area contributed by atoms with E-state index in [4.69, 9.17) is 9.97 Å². The molecule has 0 aliphatic heterocycles. The molecule has 2 aromatic heterocycles. The first-order valence-corrected chi connectivity index (χ1v) is 12.3. The van der Waals surface area contributed by atoms with E-state index in [1.807, 2.05) is 33.2 Å². The Kier molecular flexibility index (Phi) is 7.29. The van der Waals surface area contributed by atoms with Gasteiger partial charge in [0.05, 0.1) is 11.2 Å². The number of carbonyl (C=O) groups is 1. The van der Waals surface area contributed by atoms with Gasteiger partial charge in [0, 0.05) is 32.4 Å². The first kappa shape index (κ1) is 22.6. The fraction of sp³-hybridized carbons (Fsp3) is 0.542. The van der Waals surface area contributed by atoms with Crippen molar-refractivity contribution in [3.63, 3.8) is 0 Å². The van der Waals surface area contributed by atoms with Gasteiger partial charge in [0.1, 0.15) is 16.5 Å². The molecule has 0 spiro atoms. The molecule has 0 unspecified atom stereocenters. The van der Waals surface area contributed by atoms with E-state index in [0.717, 1.165) is 47.8 Å². The lowest BCUT2D eigenvalue weighted by atomic mass is 9.80. The molecular formula is C24H32N6OS. The van der Waals surface area contributed by atoms with Crippen molar-refractivity contribution in [2.75, 3.05) is 25.5 Å². The van der Waals surface area contributed by atoms with E-state index < -0.39 is 0 Å². The molecule has 4 rings (SSSR count). The van der Waals surface area contributed by atoms with Crippen LogP contribution in [0, 0.1) is 18.8 Å². The third-order valence-electron chi connectivity index (χ3n) is 6.44. The number of nitrogens with one attached hydrogen (secondary N) is 1. The van der Waals surface area contributed by atoms with Gasteiger partial charge in [0.2, 0.25) is 0 Å². The summed E-state index contributed by atoms with van der Waals surface area (Å²) in [6.45, 7) is 2.58. The molecule has 1 aromatic carbocycles. The highest BCUT2D eigenvalue weighted by Crippen LogP contribution is 2.32. The number of nitrogens with zero attached hydrogens (tertiary/aromatic N) is 5. The molecule has 7 nitrogen and oxygen atoms in total. The third kappa shape index (κ3) is 5.41. The Labute approximate surface area is 193 Å². The van der Waals surface area contributed by atoms with Crippen molar-refractivity contribution in [1.29, 1.82) is 0 Å². The Hall–Kier alpha value is -2.61. The smallest absolute Gasteiger partial charge is 0.264 e. The zero-order valence-electron chi connectivity index (χ0n) is 19.2. The van der Waals surface area contributed by atoms with Crippen LogP contribution in [0.25, 0.3) is 10.9 Å². The molecule has 1 aliphatic carbocycles. The zero-order valence-corrected chi connectivity index (χ0v) is 20.0. The monoisotopic (exact) mass is 452 g/mol. The molecule has 1 saturated carbocycles. The summed E-state index contributed by atoms with van der Waals surface area (Å²) in [6, 6.07) is 8.23. The van der Waals surface area contributed by atoms with Crippen LogP contribution in [0.5, 0.6) is 0 Å². The minimum atomic E-state index is -0.0351. The van der Waals surface area contributed by atoms with Gasteiger partial charge in [-0.2, -0.15) is 0 Å². The van der Waals surface area contributed by atoms with Gasteiger partial charge in [-0.3, -0.25) is 4.79 Å². The highest BCUT2D eigenvalue weighted by atomic mass is 32.1. The highest BCUT2D eigenvalue weighted by molar-refractivity contribution is 7.08. The lowest BCUT2D eigenvalue weighted by Crippen LogP contribution is -2.31. The van der Waals surface area contributed by atoms with Crippen molar-refractivity contribution < 1.29 is 4.79 Å². The molecule has 1 aliphatic rings. The average Bonchev–Trinajstić information content (AvgIpc) is 3.23. The second kappa shape index (κ2) is 10.3. The van der Waals surface area contributed by atoms with Gasteiger partial charge < -0.3 is 10.2 Å². The van der Waals surface area contributed by atoms with Crippen molar-refractivity contribution in [2.45, 2.75) is 51.9 Å². The molecule has 2 heterocycles. The third-order valence-corrected chi connectivity index (χ3v) is 7.27. The molecule has 1 amide bonds. The number of hydrogen-bond acceptors (Lipinski definition) is 7. The summed E-state index contributed by atoms with van der Waals surface area (Å²) >= 11 is 1.17. The van der Waals surface area contributed by atoms with Crippen LogP contribution >= 0.6 is 11.5 Å². The fourth-order valence-electron chi connectivity index (χ4n) is 4.59. The van der Waals surface area contributed by atoms with E-state index >= 15 is 0 Å². The highest BCUT2D eigenvalue weighted by Gasteiger charge is 2.22. The largest absolute Gasteiger partial charge is 0.362 e. The molecule has 0 atom stereocenters. The zero-order chi connectivity index (χ0) is 22.5. The molecule has 0 saturated heterocycles. The predicted molar refractivity (Wildman–Crippen MR) is 129 cm³/mol. The Morgan fingerprint density at radius 2 is 1.88 bits per heavy atom. The van der Waals surface area contributed by atoms with Crippen molar-refractivity contribution in [2.24, 2.45) is 11.8 Å². The van der Waals surface area contributed by atoms with Gasteiger partial charge in [0.15, 0.2) is 0 Å². The van der Waals surface area contributed by atoms with Gasteiger partial charge in [-0.25, -0.2) is 9.97 Å². The lowest BCUT2D eigenvalue weighted by Gasteiger charge is -2.28. The van der Waals surface area contributed by atoms with E-state index in [1.54, 1.807) is 0 Å². The quantitative estimate of drug-likeness (QED) is 0.545. The molecular weight excluding hydrogens is 420 g/mol. The van der Waals surface area contributed by atoms with Crippen molar-refractivity contribution >= 4 is 34.2 Å². The van der Waals surface area contributed by atoms with Crippen LogP contribution < -0.4 is 10.2 Å². The topological polar surface area (TPSA) is 83.9 Å². The molecule has 1 N–H and O–H groups in total. The van der Waals surface area contributed by atoms with E-state index in [9.17, 15) is 4.79 Å². The summed E-state index contributed by atoms with van der Waals surface area (Å²) in [5, 5.41) is 8.10. The normalized spacial score (nSPS) is 18.6. The summed E-state index contributed by atoms with van der Waals surface area (Å²) in [6.07, 6.45) is 8.10. The fourth-order valence-corrected chi connectivity index (χ4v) is 5.16. The van der Waals surface area contributed by atoms with Crippen LogP contribution in [0.3, 0.4) is 0 Å². The SMILES string of the molecule is Cc1nnsc1C(=O)NCC1CCC(CCCc2nc(N(C)C)c3ccccc3n2)CC1. The van der Waals surface area contributed by atoms with Crippen LogP contribution in [-0.2, 0) is 6.42 Å². The van der Waals surface area contributed by atoms with E-state index in [1.165, 1.54) is 43.6 Å². The second-order valence-electron chi connectivity index (χ2n) is 9.05. The van der Waals surface area contributed by atoms with E-state index in [2.05, 4.69) is 31.9 Å². The number of benzene rings is 1. The predicted octanol–water partition coefficient (Wildman–Crippen LogP) is 4.41.